The number of fused-ring (bicyclic) bond motifs is 3. The topological polar surface area (TPSA) is 62.2 Å². The fraction of sp³-hybridized carbons (Fsp3) is 0.562. The Labute approximate surface area is 130 Å². The van der Waals surface area contributed by atoms with Crippen molar-refractivity contribution in [2.24, 2.45) is 0 Å². The van der Waals surface area contributed by atoms with Crippen molar-refractivity contribution in [1.29, 1.82) is 0 Å². The Balaban J connectivity index is 1.92. The van der Waals surface area contributed by atoms with Crippen LogP contribution in [0, 0.1) is 0 Å². The molecule has 6 nitrogen and oxygen atoms in total. The van der Waals surface area contributed by atoms with E-state index in [1.807, 2.05) is 12.1 Å². The standard InChI is InChI=1S/C16H22N2O4/c1-21-14-7-11-3-4-17-10-18(5-6-19)16(20)9-13(17)12(11)8-15(14)22-2/h7-8,13,19H,3-6,9-10H2,1-2H3. The molecule has 1 N–H and O–H groups in total. The van der Waals surface area contributed by atoms with Crippen LogP contribution in [-0.2, 0) is 11.2 Å². The van der Waals surface area contributed by atoms with E-state index < -0.39 is 0 Å². The largest absolute Gasteiger partial charge is 0.493 e. The molecule has 0 spiro atoms. The van der Waals surface area contributed by atoms with E-state index in [9.17, 15) is 4.79 Å². The van der Waals surface area contributed by atoms with E-state index >= 15 is 0 Å². The lowest BCUT2D eigenvalue weighted by Crippen LogP contribution is -2.52. The van der Waals surface area contributed by atoms with Gasteiger partial charge < -0.3 is 19.5 Å². The van der Waals surface area contributed by atoms with E-state index in [-0.39, 0.29) is 18.6 Å². The SMILES string of the molecule is COc1cc2c(cc1OC)C1CC(=O)N(CCO)CN1CC2. The fourth-order valence-corrected chi connectivity index (χ4v) is 3.40. The number of hydrogen-bond acceptors (Lipinski definition) is 5. The van der Waals surface area contributed by atoms with Crippen molar-refractivity contribution >= 4 is 5.91 Å². The monoisotopic (exact) mass is 306 g/mol. The van der Waals surface area contributed by atoms with Gasteiger partial charge in [0.05, 0.1) is 27.5 Å². The average Bonchev–Trinajstić information content (AvgIpc) is 2.54. The van der Waals surface area contributed by atoms with Crippen molar-refractivity contribution in [2.45, 2.75) is 18.9 Å². The zero-order valence-electron chi connectivity index (χ0n) is 13.0. The third-order valence-corrected chi connectivity index (χ3v) is 4.56. The van der Waals surface area contributed by atoms with Crippen molar-refractivity contribution in [3.63, 3.8) is 0 Å². The summed E-state index contributed by atoms with van der Waals surface area (Å²) in [7, 11) is 3.26. The summed E-state index contributed by atoms with van der Waals surface area (Å²) in [4.78, 5) is 16.3. The molecule has 1 aromatic rings. The number of methoxy groups -OCH3 is 2. The second kappa shape index (κ2) is 6.14. The third kappa shape index (κ3) is 2.53. The molecule has 0 radical (unpaired) electrons. The van der Waals surface area contributed by atoms with E-state index in [1.54, 1.807) is 19.1 Å². The lowest BCUT2D eigenvalue weighted by molar-refractivity contribution is -0.142. The molecule has 2 heterocycles. The van der Waals surface area contributed by atoms with E-state index in [0.29, 0.717) is 25.4 Å². The first-order valence-electron chi connectivity index (χ1n) is 7.55. The van der Waals surface area contributed by atoms with Gasteiger partial charge in [0.1, 0.15) is 0 Å². The van der Waals surface area contributed by atoms with Crippen molar-refractivity contribution < 1.29 is 19.4 Å². The maximum absolute atomic E-state index is 12.3. The molecule has 1 atom stereocenters. The molecule has 0 bridgehead atoms. The second-order valence-electron chi connectivity index (χ2n) is 5.71. The lowest BCUT2D eigenvalue weighted by Gasteiger charge is -2.44. The lowest BCUT2D eigenvalue weighted by atomic mass is 9.89. The molecular formula is C16H22N2O4. The van der Waals surface area contributed by atoms with Crippen LogP contribution in [0.5, 0.6) is 11.5 Å². The van der Waals surface area contributed by atoms with Gasteiger partial charge in [0.25, 0.3) is 0 Å². The predicted molar refractivity (Wildman–Crippen MR) is 81.0 cm³/mol. The molecule has 1 unspecified atom stereocenters. The molecule has 0 aliphatic carbocycles. The van der Waals surface area contributed by atoms with Gasteiger partial charge in [-0.1, -0.05) is 0 Å². The molecule has 1 saturated heterocycles. The Bertz CT molecular complexity index is 576. The molecule has 6 heteroatoms. The summed E-state index contributed by atoms with van der Waals surface area (Å²) in [6, 6.07) is 4.11. The van der Waals surface area contributed by atoms with Gasteiger partial charge in [-0.3, -0.25) is 9.69 Å². The van der Waals surface area contributed by atoms with Crippen LogP contribution >= 0.6 is 0 Å². The van der Waals surface area contributed by atoms with E-state index in [1.165, 1.54) is 5.56 Å². The molecular weight excluding hydrogens is 284 g/mol. The quantitative estimate of drug-likeness (QED) is 0.891. The minimum atomic E-state index is 0.00581. The van der Waals surface area contributed by atoms with Crippen LogP contribution in [0.4, 0.5) is 0 Å². The maximum Gasteiger partial charge on any atom is 0.225 e. The predicted octanol–water partition coefficient (Wildman–Crippen LogP) is 0.785. The number of rotatable bonds is 4. The second-order valence-corrected chi connectivity index (χ2v) is 5.71. The van der Waals surface area contributed by atoms with Crippen molar-refractivity contribution in [1.82, 2.24) is 9.80 Å². The Morgan fingerprint density at radius 3 is 2.68 bits per heavy atom. The van der Waals surface area contributed by atoms with Crippen LogP contribution in [0.2, 0.25) is 0 Å². The van der Waals surface area contributed by atoms with E-state index in [0.717, 1.165) is 24.3 Å². The Kier molecular flexibility index (Phi) is 4.22. The summed E-state index contributed by atoms with van der Waals surface area (Å²) in [5.41, 5.74) is 2.38. The van der Waals surface area contributed by atoms with Gasteiger partial charge in [0.15, 0.2) is 11.5 Å². The minimum absolute atomic E-state index is 0.00581. The highest BCUT2D eigenvalue weighted by molar-refractivity contribution is 5.78. The van der Waals surface area contributed by atoms with Gasteiger partial charge in [-0.15, -0.1) is 0 Å². The highest BCUT2D eigenvalue weighted by atomic mass is 16.5. The Hall–Kier alpha value is -1.79. The van der Waals surface area contributed by atoms with E-state index in [4.69, 9.17) is 14.6 Å². The highest BCUT2D eigenvalue weighted by Gasteiger charge is 2.36. The summed E-state index contributed by atoms with van der Waals surface area (Å²) in [6.45, 7) is 1.90. The van der Waals surface area contributed by atoms with Crippen molar-refractivity contribution in [3.8, 4) is 11.5 Å². The van der Waals surface area contributed by atoms with Crippen LogP contribution in [0.25, 0.3) is 0 Å². The molecule has 1 aromatic carbocycles. The first-order chi connectivity index (χ1) is 10.7. The highest BCUT2D eigenvalue weighted by Crippen LogP contribution is 2.40. The number of ether oxygens (including phenoxy) is 2. The zero-order valence-corrected chi connectivity index (χ0v) is 13.0. The summed E-state index contributed by atoms with van der Waals surface area (Å²) < 4.78 is 10.8. The third-order valence-electron chi connectivity index (χ3n) is 4.56. The molecule has 1 fully saturated rings. The first kappa shape index (κ1) is 15.1. The molecule has 2 aliphatic heterocycles. The summed E-state index contributed by atoms with van der Waals surface area (Å²) in [6.07, 6.45) is 1.37. The zero-order chi connectivity index (χ0) is 15.7. The number of hydrogen-bond donors (Lipinski definition) is 1. The molecule has 22 heavy (non-hydrogen) atoms. The molecule has 120 valence electrons. The number of nitrogens with zero attached hydrogens (tertiary/aromatic N) is 2. The number of carbonyl (C=O) groups is 1. The van der Waals surface area contributed by atoms with Crippen LogP contribution in [0.3, 0.4) is 0 Å². The van der Waals surface area contributed by atoms with Gasteiger partial charge in [-0.05, 0) is 29.7 Å². The number of benzene rings is 1. The summed E-state index contributed by atoms with van der Waals surface area (Å²) in [5.74, 6) is 1.53. The van der Waals surface area contributed by atoms with Crippen molar-refractivity contribution in [3.05, 3.63) is 23.3 Å². The summed E-state index contributed by atoms with van der Waals surface area (Å²) >= 11 is 0. The maximum atomic E-state index is 12.3. The number of aliphatic hydroxyl groups is 1. The van der Waals surface area contributed by atoms with Gasteiger partial charge in [-0.2, -0.15) is 0 Å². The van der Waals surface area contributed by atoms with Crippen LogP contribution in [0.15, 0.2) is 12.1 Å². The normalized spacial score (nSPS) is 21.3. The molecule has 3 rings (SSSR count). The smallest absolute Gasteiger partial charge is 0.225 e. The fourth-order valence-electron chi connectivity index (χ4n) is 3.40. The number of amides is 1. The van der Waals surface area contributed by atoms with Crippen LogP contribution < -0.4 is 9.47 Å². The Morgan fingerprint density at radius 1 is 1.27 bits per heavy atom. The van der Waals surface area contributed by atoms with Gasteiger partial charge in [0, 0.05) is 25.6 Å². The average molecular weight is 306 g/mol. The van der Waals surface area contributed by atoms with Gasteiger partial charge in [0.2, 0.25) is 5.91 Å². The molecule has 1 amide bonds. The van der Waals surface area contributed by atoms with E-state index in [2.05, 4.69) is 4.90 Å². The van der Waals surface area contributed by atoms with Crippen LogP contribution in [0.1, 0.15) is 23.6 Å². The Morgan fingerprint density at radius 2 is 2.00 bits per heavy atom. The molecule has 0 saturated carbocycles. The van der Waals surface area contributed by atoms with Crippen molar-refractivity contribution in [2.75, 3.05) is 40.6 Å². The first-order valence-corrected chi connectivity index (χ1v) is 7.55. The number of β-amino-alcohol motifs (C(OH)–C–C–N with tert-alkyl or cyclic N) is 1. The van der Waals surface area contributed by atoms with Gasteiger partial charge in [-0.25, -0.2) is 0 Å². The molecule has 0 aromatic heterocycles. The minimum Gasteiger partial charge on any atom is -0.493 e. The number of carbonyl (C=O) groups excluding carboxylic acids is 1. The molecule has 2 aliphatic rings. The van der Waals surface area contributed by atoms with Gasteiger partial charge >= 0.3 is 0 Å². The number of aliphatic hydroxyl groups excluding tert-OH is 1. The van der Waals surface area contributed by atoms with Crippen LogP contribution in [-0.4, -0.2) is 61.4 Å². The summed E-state index contributed by atoms with van der Waals surface area (Å²) in [5, 5.41) is 9.07.